The summed E-state index contributed by atoms with van der Waals surface area (Å²) in [6, 6.07) is 7.56. The van der Waals surface area contributed by atoms with Crippen LogP contribution in [-0.4, -0.2) is 42.9 Å². The summed E-state index contributed by atoms with van der Waals surface area (Å²) in [5.74, 6) is 0.0481. The fourth-order valence-corrected chi connectivity index (χ4v) is 2.22. The third-order valence-corrected chi connectivity index (χ3v) is 3.51. The van der Waals surface area contributed by atoms with E-state index in [1.54, 1.807) is 0 Å². The van der Waals surface area contributed by atoms with Crippen LogP contribution in [0.25, 0.3) is 0 Å². The Kier molecular flexibility index (Phi) is 5.79. The molecule has 0 aromatic heterocycles. The molecular formula is C14H19ClN2O3. The molecule has 110 valence electrons. The molecule has 0 saturated carbocycles. The van der Waals surface area contributed by atoms with E-state index in [4.69, 9.17) is 16.3 Å². The van der Waals surface area contributed by atoms with Crippen LogP contribution in [0.3, 0.4) is 0 Å². The van der Waals surface area contributed by atoms with Gasteiger partial charge in [-0.1, -0.05) is 29.8 Å². The average molecular weight is 299 g/mol. The molecule has 1 aliphatic heterocycles. The molecule has 20 heavy (non-hydrogen) atoms. The molecule has 0 aliphatic carbocycles. The molecule has 3 N–H and O–H groups in total. The third kappa shape index (κ3) is 4.76. The summed E-state index contributed by atoms with van der Waals surface area (Å²) in [6.07, 6.45) is -0.138. The largest absolute Gasteiger partial charge is 0.389 e. The average Bonchev–Trinajstić information content (AvgIpc) is 2.84. The summed E-state index contributed by atoms with van der Waals surface area (Å²) < 4.78 is 5.44. The summed E-state index contributed by atoms with van der Waals surface area (Å²) in [4.78, 5) is 11.0. The normalized spacial score (nSPS) is 19.9. The molecule has 2 unspecified atom stereocenters. The summed E-state index contributed by atoms with van der Waals surface area (Å²) in [7, 11) is 0. The molecule has 1 heterocycles. The molecule has 2 atom stereocenters. The second kappa shape index (κ2) is 7.59. The number of amides is 1. The first-order valence-electron chi connectivity index (χ1n) is 6.64. The Bertz CT molecular complexity index is 456. The Balaban J connectivity index is 1.62. The van der Waals surface area contributed by atoms with Gasteiger partial charge < -0.3 is 20.5 Å². The SMILES string of the molecule is O=C1CC(NCC(O)COCc2ccccc2Cl)CN1. The van der Waals surface area contributed by atoms with Crippen LogP contribution in [0.1, 0.15) is 12.0 Å². The van der Waals surface area contributed by atoms with Gasteiger partial charge in [0.2, 0.25) is 5.91 Å². The first-order chi connectivity index (χ1) is 9.65. The Morgan fingerprint density at radius 2 is 2.30 bits per heavy atom. The predicted octanol–water partition coefficient (Wildman–Crippen LogP) is 0.696. The van der Waals surface area contributed by atoms with E-state index < -0.39 is 6.10 Å². The van der Waals surface area contributed by atoms with Crippen LogP contribution in [0.5, 0.6) is 0 Å². The van der Waals surface area contributed by atoms with Crippen molar-refractivity contribution in [3.05, 3.63) is 34.9 Å². The molecule has 1 amide bonds. The van der Waals surface area contributed by atoms with Crippen LogP contribution in [-0.2, 0) is 16.1 Å². The van der Waals surface area contributed by atoms with E-state index in [1.807, 2.05) is 24.3 Å². The van der Waals surface area contributed by atoms with Gasteiger partial charge in [0.05, 0.1) is 19.3 Å². The zero-order valence-electron chi connectivity index (χ0n) is 11.1. The van der Waals surface area contributed by atoms with Crippen LogP contribution in [0, 0.1) is 0 Å². The highest BCUT2D eigenvalue weighted by Crippen LogP contribution is 2.15. The zero-order chi connectivity index (χ0) is 14.4. The van der Waals surface area contributed by atoms with Crippen LogP contribution >= 0.6 is 11.6 Å². The van der Waals surface area contributed by atoms with Crippen molar-refractivity contribution >= 4 is 17.5 Å². The Hall–Kier alpha value is -1.14. The van der Waals surface area contributed by atoms with Gasteiger partial charge in [0.25, 0.3) is 0 Å². The smallest absolute Gasteiger partial charge is 0.221 e. The number of rotatable bonds is 7. The summed E-state index contributed by atoms with van der Waals surface area (Å²) >= 11 is 6.01. The standard InChI is InChI=1S/C14H19ClN2O3/c15-13-4-2-1-3-10(13)8-20-9-12(18)7-16-11-5-14(19)17-6-11/h1-4,11-12,16,18H,5-9H2,(H,17,19). The molecule has 1 fully saturated rings. The highest BCUT2D eigenvalue weighted by atomic mass is 35.5. The van der Waals surface area contributed by atoms with Gasteiger partial charge in [0.15, 0.2) is 0 Å². The van der Waals surface area contributed by atoms with Gasteiger partial charge in [-0.25, -0.2) is 0 Å². The van der Waals surface area contributed by atoms with Gasteiger partial charge >= 0.3 is 0 Å². The van der Waals surface area contributed by atoms with Crippen molar-refractivity contribution in [3.8, 4) is 0 Å². The van der Waals surface area contributed by atoms with E-state index in [0.717, 1.165) is 5.56 Å². The molecule has 0 bridgehead atoms. The minimum atomic E-state index is -0.604. The number of hydrogen-bond donors (Lipinski definition) is 3. The van der Waals surface area contributed by atoms with E-state index in [9.17, 15) is 9.90 Å². The maximum Gasteiger partial charge on any atom is 0.221 e. The molecule has 1 aromatic rings. The van der Waals surface area contributed by atoms with Crippen molar-refractivity contribution in [2.75, 3.05) is 19.7 Å². The van der Waals surface area contributed by atoms with Gasteiger partial charge in [0, 0.05) is 30.6 Å². The number of aliphatic hydroxyl groups excluding tert-OH is 1. The first-order valence-corrected chi connectivity index (χ1v) is 7.02. The number of hydrogen-bond acceptors (Lipinski definition) is 4. The summed E-state index contributed by atoms with van der Waals surface area (Å²) in [5.41, 5.74) is 0.903. The Labute approximate surface area is 123 Å². The van der Waals surface area contributed by atoms with E-state index in [0.29, 0.717) is 31.1 Å². The van der Waals surface area contributed by atoms with Gasteiger partial charge in [-0.2, -0.15) is 0 Å². The number of benzene rings is 1. The fraction of sp³-hybridized carbons (Fsp3) is 0.500. The van der Waals surface area contributed by atoms with Crippen molar-refractivity contribution in [2.45, 2.75) is 25.2 Å². The number of carbonyl (C=O) groups excluding carboxylic acids is 1. The van der Waals surface area contributed by atoms with Gasteiger partial charge in [0.1, 0.15) is 0 Å². The van der Waals surface area contributed by atoms with Crippen molar-refractivity contribution in [1.29, 1.82) is 0 Å². The minimum Gasteiger partial charge on any atom is -0.389 e. The highest BCUT2D eigenvalue weighted by Gasteiger charge is 2.21. The van der Waals surface area contributed by atoms with Crippen LogP contribution in [0.4, 0.5) is 0 Å². The minimum absolute atomic E-state index is 0.0481. The molecule has 0 radical (unpaired) electrons. The molecule has 1 aromatic carbocycles. The lowest BCUT2D eigenvalue weighted by atomic mass is 10.2. The summed E-state index contributed by atoms with van der Waals surface area (Å²) in [6.45, 7) is 1.63. The van der Waals surface area contributed by atoms with Crippen LogP contribution in [0.2, 0.25) is 5.02 Å². The number of nitrogens with one attached hydrogen (secondary N) is 2. The predicted molar refractivity (Wildman–Crippen MR) is 76.5 cm³/mol. The maximum absolute atomic E-state index is 11.0. The number of ether oxygens (including phenoxy) is 1. The van der Waals surface area contributed by atoms with E-state index in [-0.39, 0.29) is 18.6 Å². The van der Waals surface area contributed by atoms with Crippen molar-refractivity contribution in [1.82, 2.24) is 10.6 Å². The number of aliphatic hydroxyl groups is 1. The molecule has 6 heteroatoms. The first kappa shape index (κ1) is 15.3. The van der Waals surface area contributed by atoms with Crippen molar-refractivity contribution < 1.29 is 14.6 Å². The molecule has 2 rings (SSSR count). The second-order valence-corrected chi connectivity index (χ2v) is 5.28. The number of carbonyl (C=O) groups is 1. The maximum atomic E-state index is 11.0. The second-order valence-electron chi connectivity index (χ2n) is 4.87. The molecule has 0 spiro atoms. The Morgan fingerprint density at radius 1 is 1.50 bits per heavy atom. The van der Waals surface area contributed by atoms with Crippen molar-refractivity contribution in [2.24, 2.45) is 0 Å². The lowest BCUT2D eigenvalue weighted by molar-refractivity contribution is -0.119. The van der Waals surface area contributed by atoms with E-state index >= 15 is 0 Å². The fourth-order valence-electron chi connectivity index (χ4n) is 2.03. The molecule has 5 nitrogen and oxygen atoms in total. The topological polar surface area (TPSA) is 70.6 Å². The summed E-state index contributed by atoms with van der Waals surface area (Å²) in [5, 5.41) is 16.3. The molecular weight excluding hydrogens is 280 g/mol. The lowest BCUT2D eigenvalue weighted by Crippen LogP contribution is -2.38. The molecule has 1 saturated heterocycles. The van der Waals surface area contributed by atoms with Gasteiger partial charge in [-0.3, -0.25) is 4.79 Å². The van der Waals surface area contributed by atoms with E-state index in [1.165, 1.54) is 0 Å². The third-order valence-electron chi connectivity index (χ3n) is 3.15. The van der Waals surface area contributed by atoms with Crippen molar-refractivity contribution in [3.63, 3.8) is 0 Å². The number of halogens is 1. The highest BCUT2D eigenvalue weighted by molar-refractivity contribution is 6.31. The Morgan fingerprint density at radius 3 is 3.00 bits per heavy atom. The quantitative estimate of drug-likeness (QED) is 0.693. The monoisotopic (exact) mass is 298 g/mol. The van der Waals surface area contributed by atoms with Crippen LogP contribution < -0.4 is 10.6 Å². The molecule has 1 aliphatic rings. The van der Waals surface area contributed by atoms with E-state index in [2.05, 4.69) is 10.6 Å². The zero-order valence-corrected chi connectivity index (χ0v) is 11.9. The van der Waals surface area contributed by atoms with Gasteiger partial charge in [-0.05, 0) is 11.6 Å². The van der Waals surface area contributed by atoms with Gasteiger partial charge in [-0.15, -0.1) is 0 Å². The lowest BCUT2D eigenvalue weighted by Gasteiger charge is -2.15. The van der Waals surface area contributed by atoms with Crippen LogP contribution in [0.15, 0.2) is 24.3 Å².